The third-order valence-corrected chi connectivity index (χ3v) is 3.28. The van der Waals surface area contributed by atoms with E-state index >= 15 is 0 Å². The van der Waals surface area contributed by atoms with Crippen LogP contribution in [0.5, 0.6) is 0 Å². The minimum atomic E-state index is -0.328. The minimum absolute atomic E-state index is 0.0149. The summed E-state index contributed by atoms with van der Waals surface area (Å²) in [4.78, 5) is 12.0. The number of carbonyl (C=O) groups is 1. The lowest BCUT2D eigenvalue weighted by Crippen LogP contribution is -2.45. The molecule has 0 aliphatic rings. The van der Waals surface area contributed by atoms with E-state index in [2.05, 4.69) is 5.32 Å². The maximum absolute atomic E-state index is 12.0. The second-order valence-electron chi connectivity index (χ2n) is 5.40. The maximum atomic E-state index is 12.0. The first-order chi connectivity index (χ1) is 8.85. The summed E-state index contributed by atoms with van der Waals surface area (Å²) in [5, 5.41) is 3.79. The largest absolute Gasteiger partial charge is 0.347 e. The Hall–Kier alpha value is -1.28. The molecule has 1 rings (SSSR count). The summed E-state index contributed by atoms with van der Waals surface area (Å²) in [5.74, 6) is -0.0149. The number of halogens is 1. The highest BCUT2D eigenvalue weighted by molar-refractivity contribution is 6.31. The molecule has 0 aliphatic heterocycles. The lowest BCUT2D eigenvalue weighted by molar-refractivity contribution is -0.119. The zero-order chi connectivity index (χ0) is 14.5. The first-order valence-electron chi connectivity index (χ1n) is 6.58. The Kier molecular flexibility index (Phi) is 5.61. The molecule has 3 heteroatoms. The molecule has 1 aromatic rings. The van der Waals surface area contributed by atoms with Crippen LogP contribution in [0.4, 0.5) is 0 Å². The van der Waals surface area contributed by atoms with Gasteiger partial charge >= 0.3 is 0 Å². The van der Waals surface area contributed by atoms with Crippen LogP contribution >= 0.6 is 11.6 Å². The molecule has 1 amide bonds. The van der Waals surface area contributed by atoms with Gasteiger partial charge in [0.1, 0.15) is 0 Å². The van der Waals surface area contributed by atoms with Gasteiger partial charge in [-0.1, -0.05) is 42.8 Å². The highest BCUT2D eigenvalue weighted by Crippen LogP contribution is 2.21. The van der Waals surface area contributed by atoms with E-state index in [1.807, 2.05) is 58.0 Å². The van der Waals surface area contributed by atoms with Crippen molar-refractivity contribution in [2.75, 3.05) is 0 Å². The molecule has 0 aliphatic carbocycles. The molecule has 0 radical (unpaired) electrons. The van der Waals surface area contributed by atoms with Crippen molar-refractivity contribution in [3.63, 3.8) is 0 Å². The molecular formula is C16H22ClNO. The van der Waals surface area contributed by atoms with Crippen LogP contribution in [0.15, 0.2) is 35.9 Å². The highest BCUT2D eigenvalue weighted by atomic mass is 35.5. The Labute approximate surface area is 120 Å². The fourth-order valence-corrected chi connectivity index (χ4v) is 2.17. The molecule has 19 heavy (non-hydrogen) atoms. The molecule has 0 saturated heterocycles. The predicted octanol–water partition coefficient (Wildman–Crippen LogP) is 4.13. The van der Waals surface area contributed by atoms with Crippen molar-refractivity contribution in [3.8, 4) is 0 Å². The molecule has 0 aromatic heterocycles. The molecule has 0 spiro atoms. The topological polar surface area (TPSA) is 29.1 Å². The fraction of sp³-hybridized carbons (Fsp3) is 0.438. The number of nitrogens with one attached hydrogen (secondary N) is 1. The average molecular weight is 280 g/mol. The van der Waals surface area contributed by atoms with Crippen LogP contribution < -0.4 is 5.32 Å². The van der Waals surface area contributed by atoms with Crippen molar-refractivity contribution in [1.29, 1.82) is 0 Å². The van der Waals surface area contributed by atoms with Crippen LogP contribution in [0.3, 0.4) is 0 Å². The van der Waals surface area contributed by atoms with Gasteiger partial charge in [0, 0.05) is 16.1 Å². The normalized spacial score (nSPS) is 12.4. The Morgan fingerprint density at radius 1 is 1.37 bits per heavy atom. The zero-order valence-electron chi connectivity index (χ0n) is 12.1. The molecule has 0 saturated carbocycles. The smallest absolute Gasteiger partial charge is 0.247 e. The molecule has 0 bridgehead atoms. The fourth-order valence-electron chi connectivity index (χ4n) is 1.97. The van der Waals surface area contributed by atoms with Crippen LogP contribution in [-0.2, 0) is 11.2 Å². The molecule has 104 valence electrons. The van der Waals surface area contributed by atoms with E-state index in [1.54, 1.807) is 0 Å². The van der Waals surface area contributed by atoms with E-state index in [0.29, 0.717) is 6.42 Å². The molecule has 2 nitrogen and oxygen atoms in total. The van der Waals surface area contributed by atoms with Crippen molar-refractivity contribution in [2.24, 2.45) is 0 Å². The first-order valence-corrected chi connectivity index (χ1v) is 6.96. The zero-order valence-corrected chi connectivity index (χ0v) is 12.8. The predicted molar refractivity (Wildman–Crippen MR) is 81.4 cm³/mol. The van der Waals surface area contributed by atoms with Gasteiger partial charge in [-0.15, -0.1) is 0 Å². The molecule has 1 N–H and O–H groups in total. The number of benzene rings is 1. The van der Waals surface area contributed by atoms with Crippen LogP contribution in [0.1, 0.15) is 39.7 Å². The summed E-state index contributed by atoms with van der Waals surface area (Å²) in [6.45, 7) is 7.87. The van der Waals surface area contributed by atoms with Gasteiger partial charge in [0.15, 0.2) is 0 Å². The Morgan fingerprint density at radius 2 is 2.00 bits per heavy atom. The first kappa shape index (κ1) is 15.8. The van der Waals surface area contributed by atoms with Gasteiger partial charge in [-0.05, 0) is 45.2 Å². The van der Waals surface area contributed by atoms with Gasteiger partial charge in [0.2, 0.25) is 5.91 Å². The summed E-state index contributed by atoms with van der Waals surface area (Å²) in [6.07, 6.45) is 3.50. The van der Waals surface area contributed by atoms with E-state index < -0.39 is 0 Å². The third-order valence-electron chi connectivity index (χ3n) is 2.91. The number of carbonyl (C=O) groups excluding carboxylic acids is 1. The van der Waals surface area contributed by atoms with E-state index in [1.165, 1.54) is 0 Å². The molecule has 0 unspecified atom stereocenters. The van der Waals surface area contributed by atoms with Crippen molar-refractivity contribution < 1.29 is 4.79 Å². The second kappa shape index (κ2) is 6.76. The van der Waals surface area contributed by atoms with Gasteiger partial charge in [-0.25, -0.2) is 0 Å². The number of amides is 1. The van der Waals surface area contributed by atoms with Gasteiger partial charge in [-0.3, -0.25) is 4.79 Å². The van der Waals surface area contributed by atoms with Gasteiger partial charge in [-0.2, -0.15) is 0 Å². The van der Waals surface area contributed by atoms with E-state index in [0.717, 1.165) is 22.6 Å². The minimum Gasteiger partial charge on any atom is -0.347 e. The monoisotopic (exact) mass is 279 g/mol. The van der Waals surface area contributed by atoms with Crippen LogP contribution in [0.2, 0.25) is 5.02 Å². The van der Waals surface area contributed by atoms with E-state index in [9.17, 15) is 4.79 Å². The molecule has 1 aromatic carbocycles. The SMILES string of the molecule is CCC=C(C)C(=O)NC(C)(C)Cc1ccccc1Cl. The maximum Gasteiger partial charge on any atom is 0.247 e. The average Bonchev–Trinajstić information content (AvgIpc) is 2.31. The van der Waals surface area contributed by atoms with Crippen molar-refractivity contribution in [3.05, 3.63) is 46.5 Å². The third kappa shape index (κ3) is 5.07. The Morgan fingerprint density at radius 3 is 2.58 bits per heavy atom. The van der Waals surface area contributed by atoms with E-state index in [4.69, 9.17) is 11.6 Å². The summed E-state index contributed by atoms with van der Waals surface area (Å²) in [6, 6.07) is 7.73. The van der Waals surface area contributed by atoms with E-state index in [-0.39, 0.29) is 11.4 Å². The standard InChI is InChI=1S/C16H22ClNO/c1-5-8-12(2)15(19)18-16(3,4)11-13-9-6-7-10-14(13)17/h6-10H,5,11H2,1-4H3,(H,18,19). The number of hydrogen-bond acceptors (Lipinski definition) is 1. The van der Waals surface area contributed by atoms with Gasteiger partial charge in [0.05, 0.1) is 0 Å². The second-order valence-corrected chi connectivity index (χ2v) is 5.81. The van der Waals surface area contributed by atoms with Crippen LogP contribution in [-0.4, -0.2) is 11.4 Å². The lowest BCUT2D eigenvalue weighted by atomic mass is 9.94. The van der Waals surface area contributed by atoms with Crippen LogP contribution in [0.25, 0.3) is 0 Å². The number of rotatable bonds is 5. The lowest BCUT2D eigenvalue weighted by Gasteiger charge is -2.27. The number of hydrogen-bond donors (Lipinski definition) is 1. The molecular weight excluding hydrogens is 258 g/mol. The molecule has 0 heterocycles. The Balaban J connectivity index is 2.74. The van der Waals surface area contributed by atoms with Crippen molar-refractivity contribution in [2.45, 2.75) is 46.1 Å². The summed E-state index contributed by atoms with van der Waals surface area (Å²) < 4.78 is 0. The van der Waals surface area contributed by atoms with Crippen molar-refractivity contribution in [1.82, 2.24) is 5.32 Å². The number of allylic oxidation sites excluding steroid dienone is 1. The quantitative estimate of drug-likeness (QED) is 0.807. The molecule has 0 atom stereocenters. The summed E-state index contributed by atoms with van der Waals surface area (Å²) in [7, 11) is 0. The highest BCUT2D eigenvalue weighted by Gasteiger charge is 2.22. The molecule has 0 fully saturated rings. The Bertz CT molecular complexity index is 477. The van der Waals surface area contributed by atoms with Crippen molar-refractivity contribution >= 4 is 17.5 Å². The van der Waals surface area contributed by atoms with Crippen LogP contribution in [0, 0.1) is 0 Å². The summed E-state index contributed by atoms with van der Waals surface area (Å²) >= 11 is 6.16. The van der Waals surface area contributed by atoms with Gasteiger partial charge in [0.25, 0.3) is 0 Å². The van der Waals surface area contributed by atoms with Gasteiger partial charge < -0.3 is 5.32 Å². The summed E-state index contributed by atoms with van der Waals surface area (Å²) in [5.41, 5.74) is 1.48.